The van der Waals surface area contributed by atoms with Gasteiger partial charge in [0.05, 0.1) is 0 Å². The summed E-state index contributed by atoms with van der Waals surface area (Å²) >= 11 is 0. The number of likely N-dealkylation sites (N-methyl/N-ethyl adjacent to an activating group) is 1. The highest BCUT2D eigenvalue weighted by Crippen LogP contribution is 2.18. The molecule has 2 nitrogen and oxygen atoms in total. The first-order valence-corrected chi connectivity index (χ1v) is 5.76. The van der Waals surface area contributed by atoms with Crippen LogP contribution in [0, 0.1) is 0 Å². The van der Waals surface area contributed by atoms with E-state index < -0.39 is 0 Å². The number of hydrogen-bond donors (Lipinski definition) is 1. The summed E-state index contributed by atoms with van der Waals surface area (Å²) in [5.41, 5.74) is 3.04. The van der Waals surface area contributed by atoms with Crippen molar-refractivity contribution in [2.24, 2.45) is 0 Å². The van der Waals surface area contributed by atoms with Crippen molar-refractivity contribution in [3.63, 3.8) is 0 Å². The minimum atomic E-state index is 0.579. The fraction of sp³-hybridized carbons (Fsp3) is 0.538. The molecule has 1 aromatic rings. The number of benzene rings is 1. The number of nitrogens with one attached hydrogen (secondary N) is 1. The quantitative estimate of drug-likeness (QED) is 0.805. The highest BCUT2D eigenvalue weighted by atomic mass is 15.1. The number of fused-ring (bicyclic) bond motifs is 1. The summed E-state index contributed by atoms with van der Waals surface area (Å²) in [4.78, 5) is 2.53. The van der Waals surface area contributed by atoms with E-state index in [1.54, 1.807) is 0 Å². The number of nitrogens with zero attached hydrogens (tertiary/aromatic N) is 1. The molecule has 1 N–H and O–H groups in total. The van der Waals surface area contributed by atoms with Crippen LogP contribution in [-0.2, 0) is 13.0 Å². The molecule has 15 heavy (non-hydrogen) atoms. The second-order valence-electron chi connectivity index (χ2n) is 4.44. The van der Waals surface area contributed by atoms with Crippen molar-refractivity contribution in [1.82, 2.24) is 10.2 Å². The highest BCUT2D eigenvalue weighted by Gasteiger charge is 2.16. The maximum Gasteiger partial charge on any atom is 0.0237 e. The van der Waals surface area contributed by atoms with Gasteiger partial charge in [-0.05, 0) is 31.5 Å². The van der Waals surface area contributed by atoms with Gasteiger partial charge >= 0.3 is 0 Å². The summed E-state index contributed by atoms with van der Waals surface area (Å²) in [6.07, 6.45) is 1.20. The summed E-state index contributed by atoms with van der Waals surface area (Å²) in [5.74, 6) is 0. The Kier molecular flexibility index (Phi) is 3.39. The van der Waals surface area contributed by atoms with Crippen LogP contribution in [0.1, 0.15) is 18.1 Å². The molecule has 1 aliphatic rings. The van der Waals surface area contributed by atoms with Crippen LogP contribution in [0.3, 0.4) is 0 Å². The van der Waals surface area contributed by atoms with E-state index in [4.69, 9.17) is 0 Å². The zero-order valence-electron chi connectivity index (χ0n) is 9.66. The monoisotopic (exact) mass is 204 g/mol. The van der Waals surface area contributed by atoms with Crippen LogP contribution in [0.2, 0.25) is 0 Å². The van der Waals surface area contributed by atoms with Crippen molar-refractivity contribution in [3.05, 3.63) is 35.4 Å². The van der Waals surface area contributed by atoms with Gasteiger partial charge in [-0.15, -0.1) is 0 Å². The van der Waals surface area contributed by atoms with E-state index in [2.05, 4.69) is 41.4 Å². The van der Waals surface area contributed by atoms with Gasteiger partial charge in [-0.1, -0.05) is 24.3 Å². The lowest BCUT2D eigenvalue weighted by Gasteiger charge is -2.30. The molecule has 1 atom stereocenters. The second-order valence-corrected chi connectivity index (χ2v) is 4.44. The van der Waals surface area contributed by atoms with Crippen molar-refractivity contribution < 1.29 is 0 Å². The van der Waals surface area contributed by atoms with Gasteiger partial charge in [-0.25, -0.2) is 0 Å². The fourth-order valence-electron chi connectivity index (χ4n) is 2.19. The standard InChI is InChI=1S/C13H20N2/c1-11(14-2)9-15-8-7-12-5-3-4-6-13(12)10-15/h3-6,11,14H,7-10H2,1-2H3. The molecule has 1 aromatic carbocycles. The molecule has 0 radical (unpaired) electrons. The van der Waals surface area contributed by atoms with Crippen molar-refractivity contribution in [1.29, 1.82) is 0 Å². The van der Waals surface area contributed by atoms with E-state index in [1.807, 2.05) is 7.05 Å². The zero-order valence-corrected chi connectivity index (χ0v) is 9.66. The minimum Gasteiger partial charge on any atom is -0.316 e. The number of hydrogen-bond acceptors (Lipinski definition) is 2. The SMILES string of the molecule is CNC(C)CN1CCc2ccccc2C1. The fourth-order valence-corrected chi connectivity index (χ4v) is 2.19. The van der Waals surface area contributed by atoms with Crippen LogP contribution < -0.4 is 5.32 Å². The van der Waals surface area contributed by atoms with Crippen LogP contribution in [0.4, 0.5) is 0 Å². The van der Waals surface area contributed by atoms with Gasteiger partial charge in [-0.2, -0.15) is 0 Å². The van der Waals surface area contributed by atoms with Crippen molar-refractivity contribution >= 4 is 0 Å². The molecule has 1 unspecified atom stereocenters. The van der Waals surface area contributed by atoms with Crippen LogP contribution in [0.5, 0.6) is 0 Å². The molecule has 0 saturated carbocycles. The molecule has 0 fully saturated rings. The van der Waals surface area contributed by atoms with Gasteiger partial charge in [0.1, 0.15) is 0 Å². The highest BCUT2D eigenvalue weighted by molar-refractivity contribution is 5.29. The summed E-state index contributed by atoms with van der Waals surface area (Å²) < 4.78 is 0. The Labute approximate surface area is 92.3 Å². The Hall–Kier alpha value is -0.860. The molecule has 0 saturated heterocycles. The minimum absolute atomic E-state index is 0.579. The molecule has 0 bridgehead atoms. The maximum atomic E-state index is 3.29. The summed E-state index contributed by atoms with van der Waals surface area (Å²) in [6, 6.07) is 9.38. The van der Waals surface area contributed by atoms with Gasteiger partial charge in [0.25, 0.3) is 0 Å². The smallest absolute Gasteiger partial charge is 0.0237 e. The Balaban J connectivity index is 1.99. The summed E-state index contributed by atoms with van der Waals surface area (Å²) in [5, 5.41) is 3.29. The van der Waals surface area contributed by atoms with Crippen LogP contribution in [0.15, 0.2) is 24.3 Å². The molecular weight excluding hydrogens is 184 g/mol. The Morgan fingerprint density at radius 2 is 2.07 bits per heavy atom. The molecule has 0 aromatic heterocycles. The second kappa shape index (κ2) is 4.77. The third kappa shape index (κ3) is 2.58. The maximum absolute atomic E-state index is 3.29. The van der Waals surface area contributed by atoms with Crippen LogP contribution in [-0.4, -0.2) is 31.1 Å². The number of rotatable bonds is 3. The average Bonchev–Trinajstić information content (AvgIpc) is 2.29. The van der Waals surface area contributed by atoms with Gasteiger partial charge in [0, 0.05) is 25.7 Å². The van der Waals surface area contributed by atoms with Gasteiger partial charge in [-0.3, -0.25) is 4.90 Å². The van der Waals surface area contributed by atoms with Gasteiger partial charge < -0.3 is 5.32 Å². The van der Waals surface area contributed by atoms with E-state index in [0.29, 0.717) is 6.04 Å². The third-order valence-corrected chi connectivity index (χ3v) is 3.23. The van der Waals surface area contributed by atoms with Crippen molar-refractivity contribution in [3.8, 4) is 0 Å². The summed E-state index contributed by atoms with van der Waals surface area (Å²) in [7, 11) is 2.03. The predicted octanol–water partition coefficient (Wildman–Crippen LogP) is 1.65. The predicted molar refractivity (Wildman–Crippen MR) is 63.9 cm³/mol. The molecule has 2 heteroatoms. The van der Waals surface area contributed by atoms with Gasteiger partial charge in [0.15, 0.2) is 0 Å². The molecule has 1 heterocycles. The normalized spacial score (nSPS) is 18.5. The van der Waals surface area contributed by atoms with Crippen LogP contribution >= 0.6 is 0 Å². The van der Waals surface area contributed by atoms with Crippen molar-refractivity contribution in [2.75, 3.05) is 20.1 Å². The van der Waals surface area contributed by atoms with Crippen molar-refractivity contribution in [2.45, 2.75) is 25.9 Å². The lowest BCUT2D eigenvalue weighted by Crippen LogP contribution is -2.40. The largest absolute Gasteiger partial charge is 0.316 e. The van der Waals surface area contributed by atoms with E-state index in [9.17, 15) is 0 Å². The molecule has 0 spiro atoms. The average molecular weight is 204 g/mol. The molecule has 2 rings (SSSR count). The lowest BCUT2D eigenvalue weighted by molar-refractivity contribution is 0.233. The summed E-state index contributed by atoms with van der Waals surface area (Å²) in [6.45, 7) is 5.69. The first-order valence-electron chi connectivity index (χ1n) is 5.76. The molecule has 1 aliphatic heterocycles. The van der Waals surface area contributed by atoms with Crippen LogP contribution in [0.25, 0.3) is 0 Å². The lowest BCUT2D eigenvalue weighted by atomic mass is 10.00. The topological polar surface area (TPSA) is 15.3 Å². The Morgan fingerprint density at radius 1 is 1.33 bits per heavy atom. The van der Waals surface area contributed by atoms with E-state index in [1.165, 1.54) is 24.1 Å². The molecule has 82 valence electrons. The molecular formula is C13H20N2. The van der Waals surface area contributed by atoms with Gasteiger partial charge in [0.2, 0.25) is 0 Å². The third-order valence-electron chi connectivity index (χ3n) is 3.23. The van der Waals surface area contributed by atoms with E-state index in [-0.39, 0.29) is 0 Å². The van der Waals surface area contributed by atoms with E-state index in [0.717, 1.165) is 13.1 Å². The zero-order chi connectivity index (χ0) is 10.7. The first-order chi connectivity index (χ1) is 7.29. The Bertz CT molecular complexity index is 322. The first kappa shape index (κ1) is 10.7. The molecule has 0 amide bonds. The Morgan fingerprint density at radius 3 is 2.80 bits per heavy atom. The van der Waals surface area contributed by atoms with E-state index >= 15 is 0 Å². The molecule has 0 aliphatic carbocycles.